The molecule has 0 unspecified atom stereocenters. The van der Waals surface area contributed by atoms with Gasteiger partial charge in [-0.1, -0.05) is 15.9 Å². The molecule has 0 aliphatic rings. The second-order valence-electron chi connectivity index (χ2n) is 3.15. The number of hydrogen-bond donors (Lipinski definition) is 2. The highest BCUT2D eigenvalue weighted by Crippen LogP contribution is 2.26. The maximum absolute atomic E-state index is 11.7. The average Bonchev–Trinajstić information content (AvgIpc) is 2.24. The minimum atomic E-state index is -0.647. The van der Waals surface area contributed by atoms with E-state index in [-0.39, 0.29) is 11.3 Å². The highest BCUT2D eigenvalue weighted by atomic mass is 79.9. The molecule has 0 fully saturated rings. The van der Waals surface area contributed by atoms with Gasteiger partial charge in [0.25, 0.3) is 5.91 Å². The number of nitriles is 1. The normalized spacial score (nSPS) is 11.4. The molecule has 4 nitrogen and oxygen atoms in total. The highest BCUT2D eigenvalue weighted by molar-refractivity contribution is 9.11. The zero-order valence-corrected chi connectivity index (χ0v) is 12.0. The van der Waals surface area contributed by atoms with Crippen molar-refractivity contribution < 1.29 is 9.90 Å². The Labute approximate surface area is 115 Å². The Balaban J connectivity index is 3.01. The number of anilines is 1. The van der Waals surface area contributed by atoms with E-state index in [0.717, 1.165) is 4.47 Å². The van der Waals surface area contributed by atoms with Crippen LogP contribution >= 0.6 is 31.9 Å². The first kappa shape index (κ1) is 13.7. The number of rotatable bonds is 2. The summed E-state index contributed by atoms with van der Waals surface area (Å²) in [5.41, 5.74) is 0.204. The molecule has 1 rings (SSSR count). The van der Waals surface area contributed by atoms with Gasteiger partial charge in [-0.3, -0.25) is 4.79 Å². The van der Waals surface area contributed by atoms with Gasteiger partial charge in [0.1, 0.15) is 11.8 Å². The van der Waals surface area contributed by atoms with E-state index in [4.69, 9.17) is 10.4 Å². The molecule has 0 spiro atoms. The van der Waals surface area contributed by atoms with Crippen molar-refractivity contribution in [1.29, 1.82) is 5.26 Å². The van der Waals surface area contributed by atoms with E-state index in [1.54, 1.807) is 24.3 Å². The molecule has 0 radical (unpaired) electrons. The number of aliphatic hydroxyl groups excluding tert-OH is 1. The van der Waals surface area contributed by atoms with E-state index >= 15 is 0 Å². The van der Waals surface area contributed by atoms with Crippen molar-refractivity contribution in [3.63, 3.8) is 0 Å². The summed E-state index contributed by atoms with van der Waals surface area (Å²) in [6.45, 7) is 1.29. The molecular formula is C11H8Br2N2O2. The molecule has 0 aliphatic heterocycles. The number of hydrogen-bond acceptors (Lipinski definition) is 3. The van der Waals surface area contributed by atoms with Crippen LogP contribution in [-0.2, 0) is 4.79 Å². The summed E-state index contributed by atoms with van der Waals surface area (Å²) in [6.07, 6.45) is 0. The molecule has 0 atom stereocenters. The maximum Gasteiger partial charge on any atom is 0.269 e. The minimum Gasteiger partial charge on any atom is -0.511 e. The van der Waals surface area contributed by atoms with Crippen molar-refractivity contribution in [3.05, 3.63) is 38.5 Å². The molecule has 2 N–H and O–H groups in total. The van der Waals surface area contributed by atoms with Crippen LogP contribution in [-0.4, -0.2) is 11.0 Å². The summed E-state index contributed by atoms with van der Waals surface area (Å²) in [4.78, 5) is 11.7. The van der Waals surface area contributed by atoms with Crippen molar-refractivity contribution in [2.45, 2.75) is 6.92 Å². The molecule has 0 saturated carbocycles. The van der Waals surface area contributed by atoms with Gasteiger partial charge >= 0.3 is 0 Å². The van der Waals surface area contributed by atoms with Crippen molar-refractivity contribution in [2.24, 2.45) is 0 Å². The third kappa shape index (κ3) is 3.58. The Kier molecular flexibility index (Phi) is 4.73. The average molecular weight is 360 g/mol. The SMILES string of the molecule is CC(O)=C(C#N)C(=O)Nc1cc(Br)ccc1Br. The number of allylic oxidation sites excluding steroid dienone is 1. The first-order chi connectivity index (χ1) is 7.95. The number of benzene rings is 1. The summed E-state index contributed by atoms with van der Waals surface area (Å²) >= 11 is 6.54. The Bertz CT molecular complexity index is 529. The fourth-order valence-electron chi connectivity index (χ4n) is 1.07. The van der Waals surface area contributed by atoms with Crippen LogP contribution in [0.25, 0.3) is 0 Å². The van der Waals surface area contributed by atoms with Gasteiger partial charge in [0.2, 0.25) is 0 Å². The topological polar surface area (TPSA) is 73.1 Å². The third-order valence-corrected chi connectivity index (χ3v) is 3.06. The number of halogens is 2. The maximum atomic E-state index is 11.7. The van der Waals surface area contributed by atoms with Crippen molar-refractivity contribution in [2.75, 3.05) is 5.32 Å². The molecule has 1 aromatic rings. The van der Waals surface area contributed by atoms with E-state index in [0.29, 0.717) is 10.2 Å². The molecule has 17 heavy (non-hydrogen) atoms. The Hall–Kier alpha value is -1.32. The van der Waals surface area contributed by atoms with Crippen molar-refractivity contribution in [3.8, 4) is 6.07 Å². The van der Waals surface area contributed by atoms with Crippen LogP contribution in [0.2, 0.25) is 0 Å². The number of carbonyl (C=O) groups is 1. The third-order valence-electron chi connectivity index (χ3n) is 1.88. The van der Waals surface area contributed by atoms with Crippen LogP contribution in [0, 0.1) is 11.3 Å². The van der Waals surface area contributed by atoms with Crippen molar-refractivity contribution in [1.82, 2.24) is 0 Å². The van der Waals surface area contributed by atoms with Crippen LogP contribution in [0.3, 0.4) is 0 Å². The van der Waals surface area contributed by atoms with E-state index in [2.05, 4.69) is 37.2 Å². The predicted octanol–water partition coefficient (Wildman–Crippen LogP) is 3.51. The Morgan fingerprint density at radius 2 is 2.12 bits per heavy atom. The second-order valence-corrected chi connectivity index (χ2v) is 4.92. The van der Waals surface area contributed by atoms with Crippen LogP contribution in [0.4, 0.5) is 5.69 Å². The van der Waals surface area contributed by atoms with Gasteiger partial charge in [0, 0.05) is 8.95 Å². The zero-order chi connectivity index (χ0) is 13.0. The lowest BCUT2D eigenvalue weighted by Gasteiger charge is -2.07. The number of nitrogens with one attached hydrogen (secondary N) is 1. The summed E-state index contributed by atoms with van der Waals surface area (Å²) < 4.78 is 1.47. The van der Waals surface area contributed by atoms with E-state index in [1.807, 2.05) is 0 Å². The van der Waals surface area contributed by atoms with E-state index < -0.39 is 5.91 Å². The molecule has 1 aromatic carbocycles. The fourth-order valence-corrected chi connectivity index (χ4v) is 1.78. The highest BCUT2D eigenvalue weighted by Gasteiger charge is 2.14. The van der Waals surface area contributed by atoms with Gasteiger partial charge in [-0.2, -0.15) is 5.26 Å². The van der Waals surface area contributed by atoms with E-state index in [9.17, 15) is 4.79 Å². The largest absolute Gasteiger partial charge is 0.511 e. The van der Waals surface area contributed by atoms with Crippen LogP contribution < -0.4 is 5.32 Å². The summed E-state index contributed by atoms with van der Waals surface area (Å²) in [5.74, 6) is -0.956. The van der Waals surface area contributed by atoms with Gasteiger partial charge < -0.3 is 10.4 Å². The lowest BCUT2D eigenvalue weighted by Crippen LogP contribution is -2.15. The first-order valence-corrected chi connectivity index (χ1v) is 6.10. The van der Waals surface area contributed by atoms with Gasteiger partial charge in [0.15, 0.2) is 5.57 Å². The van der Waals surface area contributed by atoms with Crippen molar-refractivity contribution >= 4 is 43.5 Å². The van der Waals surface area contributed by atoms with Gasteiger partial charge in [0.05, 0.1) is 5.69 Å². The lowest BCUT2D eigenvalue weighted by molar-refractivity contribution is -0.112. The first-order valence-electron chi connectivity index (χ1n) is 4.52. The number of carbonyl (C=O) groups excluding carboxylic acids is 1. The lowest BCUT2D eigenvalue weighted by atomic mass is 10.2. The molecule has 0 bridgehead atoms. The van der Waals surface area contributed by atoms with Crippen LogP contribution in [0.1, 0.15) is 6.92 Å². The van der Waals surface area contributed by atoms with Gasteiger partial charge in [-0.05, 0) is 41.1 Å². The van der Waals surface area contributed by atoms with E-state index in [1.165, 1.54) is 6.92 Å². The molecule has 88 valence electrons. The molecule has 6 heteroatoms. The number of aliphatic hydroxyl groups is 1. The number of amides is 1. The zero-order valence-electron chi connectivity index (χ0n) is 8.79. The molecule has 0 heterocycles. The van der Waals surface area contributed by atoms with Crippen LogP contribution in [0.15, 0.2) is 38.5 Å². The second kappa shape index (κ2) is 5.84. The molecular weight excluding hydrogens is 352 g/mol. The Morgan fingerprint density at radius 3 is 2.65 bits per heavy atom. The van der Waals surface area contributed by atoms with Gasteiger partial charge in [-0.25, -0.2) is 0 Å². The standard InChI is InChI=1S/C11H8Br2N2O2/c1-6(16)8(5-14)11(17)15-10-4-7(12)2-3-9(10)13/h2-4,16H,1H3,(H,15,17). The Morgan fingerprint density at radius 1 is 1.47 bits per heavy atom. The molecule has 0 aliphatic carbocycles. The molecule has 1 amide bonds. The number of nitrogens with zero attached hydrogens (tertiary/aromatic N) is 1. The molecule has 0 saturated heterocycles. The smallest absolute Gasteiger partial charge is 0.269 e. The summed E-state index contributed by atoms with van der Waals surface area (Å²) in [5, 5.41) is 20.4. The van der Waals surface area contributed by atoms with Gasteiger partial charge in [-0.15, -0.1) is 0 Å². The minimum absolute atomic E-state index is 0.308. The quantitative estimate of drug-likeness (QED) is 0.482. The summed E-state index contributed by atoms with van der Waals surface area (Å²) in [7, 11) is 0. The predicted molar refractivity (Wildman–Crippen MR) is 71.4 cm³/mol. The molecule has 0 aromatic heterocycles. The van der Waals surface area contributed by atoms with Crippen LogP contribution in [0.5, 0.6) is 0 Å². The summed E-state index contributed by atoms with van der Waals surface area (Å²) in [6, 6.07) is 6.89. The fraction of sp³-hybridized carbons (Fsp3) is 0.0909. The monoisotopic (exact) mass is 358 g/mol.